The summed E-state index contributed by atoms with van der Waals surface area (Å²) < 4.78 is 5.33. The van der Waals surface area contributed by atoms with Crippen LogP contribution in [-0.4, -0.2) is 46.4 Å². The van der Waals surface area contributed by atoms with Crippen molar-refractivity contribution in [2.75, 3.05) is 5.32 Å². The van der Waals surface area contributed by atoms with E-state index < -0.39 is 42.0 Å². The molecule has 2 unspecified atom stereocenters. The Kier molecular flexibility index (Phi) is 9.04. The molecule has 1 saturated carbocycles. The van der Waals surface area contributed by atoms with Crippen molar-refractivity contribution in [3.63, 3.8) is 0 Å². The van der Waals surface area contributed by atoms with E-state index in [1.165, 1.54) is 4.90 Å². The fourth-order valence-electron chi connectivity index (χ4n) is 4.48. The van der Waals surface area contributed by atoms with Gasteiger partial charge in [0.1, 0.15) is 17.7 Å². The lowest BCUT2D eigenvalue weighted by Crippen LogP contribution is -2.54. The van der Waals surface area contributed by atoms with Crippen molar-refractivity contribution in [3.8, 4) is 0 Å². The van der Waals surface area contributed by atoms with Crippen LogP contribution in [0.15, 0.2) is 36.4 Å². The molecule has 2 aromatic carbocycles. The average Bonchev–Trinajstić information content (AvgIpc) is 3.64. The second kappa shape index (κ2) is 11.9. The number of alkyl carbamates (subject to hydrolysis) is 1. The predicted octanol–water partition coefficient (Wildman–Crippen LogP) is 4.36. The summed E-state index contributed by atoms with van der Waals surface area (Å²) in [4.78, 5) is 54.2. The van der Waals surface area contributed by atoms with E-state index in [-0.39, 0.29) is 11.9 Å². The number of amides is 4. The third-order valence-corrected chi connectivity index (χ3v) is 6.69. The summed E-state index contributed by atoms with van der Waals surface area (Å²) in [5.41, 5.74) is 9.78. The van der Waals surface area contributed by atoms with E-state index in [0.29, 0.717) is 24.1 Å². The zero-order chi connectivity index (χ0) is 29.1. The lowest BCUT2D eigenvalue weighted by atomic mass is 9.97. The zero-order valence-corrected chi connectivity index (χ0v) is 23.9. The Hall–Kier alpha value is -3.88. The Morgan fingerprint density at radius 2 is 1.59 bits per heavy atom. The van der Waals surface area contributed by atoms with Crippen LogP contribution in [0.5, 0.6) is 0 Å². The zero-order valence-electron chi connectivity index (χ0n) is 23.9. The molecule has 9 nitrogen and oxygen atoms in total. The summed E-state index contributed by atoms with van der Waals surface area (Å²) in [6, 6.07) is 8.86. The molecule has 3 rings (SSSR count). The Bertz CT molecular complexity index is 1240. The minimum atomic E-state index is -1.29. The summed E-state index contributed by atoms with van der Waals surface area (Å²) in [6.07, 6.45) is 0.110. The minimum Gasteiger partial charge on any atom is -0.444 e. The lowest BCUT2D eigenvalue weighted by molar-refractivity contribution is -0.142. The van der Waals surface area contributed by atoms with Crippen LogP contribution in [0, 0.1) is 27.7 Å². The molecule has 9 heteroatoms. The van der Waals surface area contributed by atoms with E-state index in [9.17, 15) is 19.2 Å². The maximum atomic E-state index is 14.1. The number of hydrogen-bond acceptors (Lipinski definition) is 5. The third kappa shape index (κ3) is 7.81. The number of rotatable bonds is 9. The van der Waals surface area contributed by atoms with Crippen LogP contribution >= 0.6 is 0 Å². The number of anilines is 1. The third-order valence-electron chi connectivity index (χ3n) is 6.69. The normalized spacial score (nSPS) is 14.6. The molecule has 4 N–H and O–H groups in total. The van der Waals surface area contributed by atoms with Crippen LogP contribution in [0.4, 0.5) is 10.5 Å². The van der Waals surface area contributed by atoms with Gasteiger partial charge in [-0.05, 0) is 89.1 Å². The molecule has 0 spiro atoms. The minimum absolute atomic E-state index is 0.233. The highest BCUT2D eigenvalue weighted by molar-refractivity contribution is 6.00. The summed E-state index contributed by atoms with van der Waals surface area (Å²) >= 11 is 0. The van der Waals surface area contributed by atoms with Gasteiger partial charge in [-0.25, -0.2) is 4.79 Å². The smallest absolute Gasteiger partial charge is 0.408 e. The van der Waals surface area contributed by atoms with Gasteiger partial charge in [-0.1, -0.05) is 36.4 Å². The molecule has 39 heavy (non-hydrogen) atoms. The van der Waals surface area contributed by atoms with Crippen molar-refractivity contribution in [1.29, 1.82) is 0 Å². The topological polar surface area (TPSA) is 131 Å². The fourth-order valence-corrected chi connectivity index (χ4v) is 4.48. The highest BCUT2D eigenvalue weighted by Gasteiger charge is 2.44. The van der Waals surface area contributed by atoms with Gasteiger partial charge in [0, 0.05) is 11.7 Å². The van der Waals surface area contributed by atoms with Gasteiger partial charge in [0.25, 0.3) is 5.91 Å². The summed E-state index contributed by atoms with van der Waals surface area (Å²) in [6.45, 7) is 12.8. The van der Waals surface area contributed by atoms with E-state index in [2.05, 4.69) is 10.6 Å². The number of carbonyl (C=O) groups is 4. The molecule has 0 saturated heterocycles. The summed E-state index contributed by atoms with van der Waals surface area (Å²) in [5.74, 6) is -1.71. The number of para-hydroxylation sites is 1. The molecule has 0 radical (unpaired) electrons. The van der Waals surface area contributed by atoms with Crippen LogP contribution in [0.2, 0.25) is 0 Å². The molecule has 2 atom stereocenters. The second-order valence-corrected chi connectivity index (χ2v) is 11.3. The molecule has 0 heterocycles. The van der Waals surface area contributed by atoms with Gasteiger partial charge < -0.3 is 26.0 Å². The number of ether oxygens (including phenoxy) is 1. The van der Waals surface area contributed by atoms with E-state index in [0.717, 1.165) is 22.3 Å². The first-order chi connectivity index (χ1) is 18.2. The van der Waals surface area contributed by atoms with Crippen LogP contribution in [0.3, 0.4) is 0 Å². The standard InChI is InChI=1S/C30H40N4O5/c1-17-11-12-21(15-20(17)4)26(27(36)33-25-18(2)9-8-10-19(25)3)34(22-13-14-22)28(37)23(16-24(31)35)32-29(38)39-30(5,6)7/h8-12,15,22-23,26H,13-14,16H2,1-7H3,(H2,31,35)(H,32,38)(H,33,36). The van der Waals surface area contributed by atoms with Gasteiger partial charge >= 0.3 is 6.09 Å². The molecule has 1 fully saturated rings. The summed E-state index contributed by atoms with van der Waals surface area (Å²) in [7, 11) is 0. The van der Waals surface area contributed by atoms with Crippen molar-refractivity contribution in [1.82, 2.24) is 10.2 Å². The second-order valence-electron chi connectivity index (χ2n) is 11.3. The number of hydrogen-bond donors (Lipinski definition) is 3. The van der Waals surface area contributed by atoms with Gasteiger partial charge in [0.2, 0.25) is 11.8 Å². The van der Waals surface area contributed by atoms with Crippen LogP contribution in [0.1, 0.15) is 73.9 Å². The number of benzene rings is 2. The highest BCUT2D eigenvalue weighted by atomic mass is 16.6. The SMILES string of the molecule is Cc1ccc(C(C(=O)Nc2c(C)cccc2C)N(C(=O)C(CC(N)=O)NC(=O)OC(C)(C)C)C2CC2)cc1C. The van der Waals surface area contributed by atoms with E-state index in [1.54, 1.807) is 20.8 Å². The van der Waals surface area contributed by atoms with Crippen molar-refractivity contribution >= 4 is 29.5 Å². The largest absolute Gasteiger partial charge is 0.444 e. The number of primary amides is 1. The molecular weight excluding hydrogens is 496 g/mol. The van der Waals surface area contributed by atoms with Crippen molar-refractivity contribution in [3.05, 3.63) is 64.2 Å². The molecule has 0 aromatic heterocycles. The maximum Gasteiger partial charge on any atom is 0.408 e. The predicted molar refractivity (Wildman–Crippen MR) is 150 cm³/mol. The maximum absolute atomic E-state index is 14.1. The van der Waals surface area contributed by atoms with Crippen LogP contribution < -0.4 is 16.4 Å². The van der Waals surface area contributed by atoms with E-state index in [1.807, 2.05) is 64.1 Å². The molecule has 2 aromatic rings. The number of nitrogens with one attached hydrogen (secondary N) is 2. The van der Waals surface area contributed by atoms with Gasteiger partial charge in [-0.3, -0.25) is 14.4 Å². The Morgan fingerprint density at radius 1 is 0.974 bits per heavy atom. The highest BCUT2D eigenvalue weighted by Crippen LogP contribution is 2.37. The van der Waals surface area contributed by atoms with Gasteiger partial charge in [0.15, 0.2) is 0 Å². The van der Waals surface area contributed by atoms with Gasteiger partial charge in [-0.15, -0.1) is 0 Å². The monoisotopic (exact) mass is 536 g/mol. The molecule has 1 aliphatic carbocycles. The molecule has 210 valence electrons. The van der Waals surface area contributed by atoms with Crippen LogP contribution in [-0.2, 0) is 19.1 Å². The molecule has 4 amide bonds. The Labute approximate surface area is 230 Å². The molecular formula is C30H40N4O5. The molecule has 0 bridgehead atoms. The lowest BCUT2D eigenvalue weighted by Gasteiger charge is -2.35. The van der Waals surface area contributed by atoms with E-state index >= 15 is 0 Å². The number of carbonyl (C=O) groups excluding carboxylic acids is 4. The fraction of sp³-hybridized carbons (Fsp3) is 0.467. The summed E-state index contributed by atoms with van der Waals surface area (Å²) in [5, 5.41) is 5.56. The van der Waals surface area contributed by atoms with E-state index in [4.69, 9.17) is 10.5 Å². The Balaban J connectivity index is 2.05. The Morgan fingerprint density at radius 3 is 2.10 bits per heavy atom. The van der Waals surface area contributed by atoms with Crippen molar-refractivity contribution < 1.29 is 23.9 Å². The number of aryl methyl sites for hydroxylation is 4. The first kappa shape index (κ1) is 29.7. The quantitative estimate of drug-likeness (QED) is 0.438. The molecule has 1 aliphatic rings. The average molecular weight is 537 g/mol. The molecule has 0 aliphatic heterocycles. The first-order valence-electron chi connectivity index (χ1n) is 13.2. The number of nitrogens with zero attached hydrogens (tertiary/aromatic N) is 1. The van der Waals surface area contributed by atoms with Gasteiger partial charge in [0.05, 0.1) is 6.42 Å². The number of nitrogens with two attached hydrogens (primary N) is 1. The van der Waals surface area contributed by atoms with Gasteiger partial charge in [-0.2, -0.15) is 0 Å². The first-order valence-corrected chi connectivity index (χ1v) is 13.2. The van der Waals surface area contributed by atoms with Crippen molar-refractivity contribution in [2.24, 2.45) is 5.73 Å². The van der Waals surface area contributed by atoms with Crippen LogP contribution in [0.25, 0.3) is 0 Å². The van der Waals surface area contributed by atoms with Crippen molar-refractivity contribution in [2.45, 2.75) is 91.5 Å².